The van der Waals surface area contributed by atoms with Gasteiger partial charge in [-0.1, -0.05) is 71.8 Å². The first-order valence-electron chi connectivity index (χ1n) is 17.8. The van der Waals surface area contributed by atoms with E-state index in [9.17, 15) is 24.9 Å². The molecule has 5 rings (SSSR count). The number of hydrogen-bond acceptors (Lipinski definition) is 8. The minimum absolute atomic E-state index is 0.0532. The molecule has 11 atom stereocenters. The molecule has 2 saturated carbocycles. The minimum Gasteiger partial charge on any atom is -0.462 e. The van der Waals surface area contributed by atoms with E-state index < -0.39 is 36.5 Å². The highest BCUT2D eigenvalue weighted by Gasteiger charge is 2.64. The molecule has 4 aliphatic carbocycles. The van der Waals surface area contributed by atoms with E-state index in [4.69, 9.17) is 14.2 Å². The van der Waals surface area contributed by atoms with E-state index in [0.29, 0.717) is 24.7 Å². The van der Waals surface area contributed by atoms with Crippen LogP contribution in [0.2, 0.25) is 0 Å². The van der Waals surface area contributed by atoms with Crippen LogP contribution in [0.25, 0.3) is 0 Å². The second-order valence-corrected chi connectivity index (χ2v) is 17.0. The van der Waals surface area contributed by atoms with Crippen LogP contribution in [-0.2, 0) is 23.8 Å². The summed E-state index contributed by atoms with van der Waals surface area (Å²) in [6.07, 6.45) is 3.60. The summed E-state index contributed by atoms with van der Waals surface area (Å²) in [5, 5.41) is 31.2. The van der Waals surface area contributed by atoms with Crippen molar-refractivity contribution in [1.29, 1.82) is 0 Å². The Morgan fingerprint density at radius 2 is 1.65 bits per heavy atom. The smallest absolute Gasteiger partial charge is 0.309 e. The standard InChI is InChI=1S/C38H60O8/c1-21(2)22(3)10-11-24(33(42)46-32-31(41)28(40)20-44-34(32)43)25-14-18-38(9)27-12-13-29-35(5,6)30(45-23(4)39)16-17-36(29,7)26(27)15-19-37(25,38)8/h21,24-25,28-32,34,40-41,43H,3,10-20H2,1-2,4-9H3/t24-,25-,28-,29+,30-,31+,32-,34-,36-,37-,38+/m1/s1. The molecule has 46 heavy (non-hydrogen) atoms. The van der Waals surface area contributed by atoms with Crippen molar-refractivity contribution in [1.82, 2.24) is 0 Å². The molecule has 0 unspecified atom stereocenters. The lowest BCUT2D eigenvalue weighted by molar-refractivity contribution is -0.262. The Labute approximate surface area is 276 Å². The molecule has 3 fully saturated rings. The van der Waals surface area contributed by atoms with Crippen molar-refractivity contribution in [3.63, 3.8) is 0 Å². The van der Waals surface area contributed by atoms with Crippen molar-refractivity contribution in [2.45, 2.75) is 150 Å². The van der Waals surface area contributed by atoms with Crippen molar-refractivity contribution in [2.75, 3.05) is 6.61 Å². The van der Waals surface area contributed by atoms with Crippen molar-refractivity contribution < 1.29 is 39.1 Å². The van der Waals surface area contributed by atoms with Gasteiger partial charge in [-0.2, -0.15) is 0 Å². The van der Waals surface area contributed by atoms with Gasteiger partial charge in [0.25, 0.3) is 0 Å². The van der Waals surface area contributed by atoms with E-state index >= 15 is 0 Å². The highest BCUT2D eigenvalue weighted by Crippen LogP contribution is 2.72. The zero-order valence-electron chi connectivity index (χ0n) is 29.6. The maximum absolute atomic E-state index is 14.1. The lowest BCUT2D eigenvalue weighted by Crippen LogP contribution is -2.56. The molecule has 0 spiro atoms. The van der Waals surface area contributed by atoms with Crippen LogP contribution in [-0.4, -0.2) is 64.6 Å². The van der Waals surface area contributed by atoms with E-state index in [1.54, 1.807) is 11.1 Å². The zero-order chi connectivity index (χ0) is 34.0. The summed E-state index contributed by atoms with van der Waals surface area (Å²) in [4.78, 5) is 26.1. The largest absolute Gasteiger partial charge is 0.462 e. The monoisotopic (exact) mass is 644 g/mol. The fourth-order valence-corrected chi connectivity index (χ4v) is 11.0. The second-order valence-electron chi connectivity index (χ2n) is 17.0. The van der Waals surface area contributed by atoms with Gasteiger partial charge in [0.05, 0.1) is 12.5 Å². The third kappa shape index (κ3) is 5.71. The summed E-state index contributed by atoms with van der Waals surface area (Å²) >= 11 is 0. The van der Waals surface area contributed by atoms with Crippen molar-refractivity contribution >= 4 is 11.9 Å². The predicted molar refractivity (Wildman–Crippen MR) is 175 cm³/mol. The molecule has 0 amide bonds. The number of hydrogen-bond donors (Lipinski definition) is 3. The molecule has 0 aromatic rings. The van der Waals surface area contributed by atoms with Crippen molar-refractivity contribution in [2.24, 2.45) is 45.3 Å². The van der Waals surface area contributed by atoms with Crippen molar-refractivity contribution in [3.05, 3.63) is 23.3 Å². The summed E-state index contributed by atoms with van der Waals surface area (Å²) in [6, 6.07) is 0. The molecule has 1 saturated heterocycles. The Kier molecular flexibility index (Phi) is 9.75. The topological polar surface area (TPSA) is 123 Å². The zero-order valence-corrected chi connectivity index (χ0v) is 29.6. The third-order valence-corrected chi connectivity index (χ3v) is 14.1. The first-order chi connectivity index (χ1) is 21.4. The van der Waals surface area contributed by atoms with E-state index in [0.717, 1.165) is 56.9 Å². The fourth-order valence-electron chi connectivity index (χ4n) is 11.0. The van der Waals surface area contributed by atoms with Crippen LogP contribution in [0.5, 0.6) is 0 Å². The van der Waals surface area contributed by atoms with Gasteiger partial charge in [-0.25, -0.2) is 0 Å². The Balaban J connectivity index is 1.45. The normalized spacial score (nSPS) is 42.5. The molecular formula is C38H60O8. The Hall–Kier alpha value is -1.74. The van der Waals surface area contributed by atoms with E-state index in [2.05, 4.69) is 55.0 Å². The van der Waals surface area contributed by atoms with Gasteiger partial charge in [-0.15, -0.1) is 0 Å². The summed E-state index contributed by atoms with van der Waals surface area (Å²) < 4.78 is 16.9. The van der Waals surface area contributed by atoms with Gasteiger partial charge >= 0.3 is 11.9 Å². The average molecular weight is 645 g/mol. The maximum Gasteiger partial charge on any atom is 0.309 e. The quantitative estimate of drug-likeness (QED) is 0.209. The lowest BCUT2D eigenvalue weighted by Gasteiger charge is -2.62. The summed E-state index contributed by atoms with van der Waals surface area (Å²) in [5.74, 6) is -0.286. The van der Waals surface area contributed by atoms with E-state index in [1.165, 1.54) is 6.92 Å². The molecule has 3 N–H and O–H groups in total. The highest BCUT2D eigenvalue weighted by atomic mass is 16.7. The molecule has 1 heterocycles. The van der Waals surface area contributed by atoms with Gasteiger partial charge in [0.2, 0.25) is 0 Å². The van der Waals surface area contributed by atoms with Crippen LogP contribution in [0.15, 0.2) is 23.3 Å². The number of aliphatic hydroxyl groups excluding tert-OH is 3. The van der Waals surface area contributed by atoms with E-state index in [-0.39, 0.29) is 46.3 Å². The Morgan fingerprint density at radius 1 is 0.957 bits per heavy atom. The van der Waals surface area contributed by atoms with Crippen LogP contribution < -0.4 is 0 Å². The molecular weight excluding hydrogens is 584 g/mol. The van der Waals surface area contributed by atoms with Gasteiger partial charge in [0.1, 0.15) is 18.3 Å². The molecule has 1 aliphatic heterocycles. The summed E-state index contributed by atoms with van der Waals surface area (Å²) in [6.45, 7) is 21.7. The highest BCUT2D eigenvalue weighted by molar-refractivity contribution is 5.73. The number of rotatable bonds is 8. The maximum atomic E-state index is 14.1. The number of allylic oxidation sites excluding steroid dienone is 3. The molecule has 0 bridgehead atoms. The van der Waals surface area contributed by atoms with Crippen LogP contribution >= 0.6 is 0 Å². The predicted octanol–water partition coefficient (Wildman–Crippen LogP) is 6.26. The van der Waals surface area contributed by atoms with Gasteiger partial charge in [0.15, 0.2) is 12.4 Å². The van der Waals surface area contributed by atoms with Crippen LogP contribution in [0.1, 0.15) is 120 Å². The molecule has 0 aromatic carbocycles. The number of aliphatic hydroxyl groups is 3. The van der Waals surface area contributed by atoms with Gasteiger partial charge in [0, 0.05) is 12.3 Å². The summed E-state index contributed by atoms with van der Waals surface area (Å²) in [5.41, 5.74) is 4.04. The molecule has 0 radical (unpaired) electrons. The first kappa shape index (κ1) is 35.6. The minimum atomic E-state index is -1.49. The lowest BCUT2D eigenvalue weighted by atomic mass is 9.43. The number of carbonyl (C=O) groups is 2. The molecule has 5 aliphatic rings. The van der Waals surface area contributed by atoms with Gasteiger partial charge in [-0.3, -0.25) is 9.59 Å². The molecule has 260 valence electrons. The number of carbonyl (C=O) groups excluding carboxylic acids is 2. The average Bonchev–Trinajstić information content (AvgIpc) is 3.25. The Bertz CT molecular complexity index is 1240. The summed E-state index contributed by atoms with van der Waals surface area (Å²) in [7, 11) is 0. The molecule has 8 heteroatoms. The van der Waals surface area contributed by atoms with Gasteiger partial charge < -0.3 is 29.5 Å². The number of fused-ring (bicyclic) bond motifs is 4. The third-order valence-electron chi connectivity index (χ3n) is 14.1. The van der Waals surface area contributed by atoms with E-state index in [1.807, 2.05) is 0 Å². The van der Waals surface area contributed by atoms with Crippen LogP contribution in [0.4, 0.5) is 0 Å². The van der Waals surface area contributed by atoms with Gasteiger partial charge in [-0.05, 0) is 98.2 Å². The molecule has 0 aromatic heterocycles. The second kappa shape index (κ2) is 12.6. The van der Waals surface area contributed by atoms with Crippen molar-refractivity contribution in [3.8, 4) is 0 Å². The SMILES string of the molecule is C=C(CC[C@@H](C(=O)O[C@@H]1[C@@H](O)[C@H](O)CO[C@H]1O)[C@H]1CC[C@@]2(C)C3=C(CC[C@]12C)[C@@]1(C)CC[C@@H](OC(C)=O)C(C)(C)[C@@H]1CC3)C(C)C. The number of ether oxygens (including phenoxy) is 3. The fraction of sp³-hybridized carbons (Fsp3) is 0.842. The van der Waals surface area contributed by atoms with Crippen LogP contribution in [0, 0.1) is 45.3 Å². The number of esters is 2. The Morgan fingerprint density at radius 3 is 2.30 bits per heavy atom. The van der Waals surface area contributed by atoms with Crippen LogP contribution in [0.3, 0.4) is 0 Å². The first-order valence-corrected chi connectivity index (χ1v) is 17.8. The molecule has 8 nitrogen and oxygen atoms in total.